The summed E-state index contributed by atoms with van der Waals surface area (Å²) in [4.78, 5) is 13.9. The molecule has 0 aliphatic carbocycles. The second-order valence-electron chi connectivity index (χ2n) is 6.23. The summed E-state index contributed by atoms with van der Waals surface area (Å²) in [6, 6.07) is 13.1. The molecular weight excluding hydrogens is 386 g/mol. The summed E-state index contributed by atoms with van der Waals surface area (Å²) in [7, 11) is -0.0464. The SMILES string of the molecule is CN(C)C(=O)n1[c]c(-c2ccc(Cl)cc2)c(-c2ccc(S(C)(=O)=O)cc2)n1. The zero-order chi connectivity index (χ0) is 19.8. The minimum atomic E-state index is -3.30. The van der Waals surface area contributed by atoms with Gasteiger partial charge in [0.1, 0.15) is 11.9 Å². The molecule has 1 amide bonds. The van der Waals surface area contributed by atoms with E-state index in [0.29, 0.717) is 21.8 Å². The first kappa shape index (κ1) is 19.1. The van der Waals surface area contributed by atoms with Crippen LogP contribution in [0.1, 0.15) is 0 Å². The smallest absolute Gasteiger partial charge is 0.329 e. The number of carbonyl (C=O) groups is 1. The lowest BCUT2D eigenvalue weighted by molar-refractivity contribution is 0.215. The number of halogens is 1. The highest BCUT2D eigenvalue weighted by Crippen LogP contribution is 2.32. The predicted molar refractivity (Wildman–Crippen MR) is 105 cm³/mol. The fourth-order valence-electron chi connectivity index (χ4n) is 2.49. The Morgan fingerprint density at radius 2 is 1.59 bits per heavy atom. The van der Waals surface area contributed by atoms with Gasteiger partial charge in [0.2, 0.25) is 0 Å². The molecule has 2 aromatic carbocycles. The van der Waals surface area contributed by atoms with Crippen molar-refractivity contribution in [1.29, 1.82) is 0 Å². The third-order valence-corrected chi connectivity index (χ3v) is 5.29. The molecule has 0 saturated heterocycles. The number of rotatable bonds is 3. The molecule has 139 valence electrons. The molecule has 1 aromatic heterocycles. The lowest BCUT2D eigenvalue weighted by atomic mass is 10.0. The van der Waals surface area contributed by atoms with Gasteiger partial charge in [-0.05, 0) is 29.8 Å². The quantitative estimate of drug-likeness (QED) is 0.671. The summed E-state index contributed by atoms with van der Waals surface area (Å²) >= 11 is 5.96. The van der Waals surface area contributed by atoms with E-state index in [1.807, 2.05) is 12.1 Å². The molecule has 0 unspecified atom stereocenters. The number of hydrogen-bond donors (Lipinski definition) is 0. The molecule has 0 atom stereocenters. The van der Waals surface area contributed by atoms with E-state index in [-0.39, 0.29) is 10.9 Å². The van der Waals surface area contributed by atoms with Crippen LogP contribution < -0.4 is 0 Å². The standard InChI is InChI=1S/C19H17ClN3O3S/c1-22(2)19(24)23-12-17(13-4-8-15(20)9-5-13)18(21-23)14-6-10-16(11-7-14)27(3,25)26/h4-11H,1-3H3. The molecule has 3 aromatic rings. The van der Waals surface area contributed by atoms with Crippen molar-refractivity contribution in [2.24, 2.45) is 0 Å². The second kappa shape index (κ2) is 7.17. The van der Waals surface area contributed by atoms with Crippen LogP contribution in [0.2, 0.25) is 5.02 Å². The largest absolute Gasteiger partial charge is 0.344 e. The van der Waals surface area contributed by atoms with Crippen molar-refractivity contribution in [3.8, 4) is 22.4 Å². The fourth-order valence-corrected chi connectivity index (χ4v) is 3.25. The first-order chi connectivity index (χ1) is 12.7. The van der Waals surface area contributed by atoms with E-state index >= 15 is 0 Å². The molecule has 0 aliphatic rings. The molecule has 0 spiro atoms. The molecule has 1 heterocycles. The van der Waals surface area contributed by atoms with Gasteiger partial charge >= 0.3 is 6.03 Å². The Kier molecular flexibility index (Phi) is 5.08. The van der Waals surface area contributed by atoms with E-state index in [4.69, 9.17) is 11.6 Å². The summed E-state index contributed by atoms with van der Waals surface area (Å²) in [6.07, 6.45) is 4.15. The van der Waals surface area contributed by atoms with Crippen molar-refractivity contribution < 1.29 is 13.2 Å². The van der Waals surface area contributed by atoms with Crippen molar-refractivity contribution in [2.75, 3.05) is 20.4 Å². The minimum absolute atomic E-state index is 0.215. The Balaban J connectivity index is 2.15. The topological polar surface area (TPSA) is 72.3 Å². The summed E-state index contributed by atoms with van der Waals surface area (Å²) in [6.45, 7) is 0. The molecule has 6 nitrogen and oxygen atoms in total. The van der Waals surface area contributed by atoms with Gasteiger partial charge in [0.25, 0.3) is 0 Å². The van der Waals surface area contributed by atoms with Gasteiger partial charge in [-0.1, -0.05) is 35.9 Å². The molecule has 3 rings (SSSR count). The first-order valence-electron chi connectivity index (χ1n) is 7.97. The van der Waals surface area contributed by atoms with Gasteiger partial charge in [0, 0.05) is 36.5 Å². The number of sulfone groups is 1. The predicted octanol–water partition coefficient (Wildman–Crippen LogP) is 3.60. The highest BCUT2D eigenvalue weighted by atomic mass is 35.5. The lowest BCUT2D eigenvalue weighted by Crippen LogP contribution is -2.27. The van der Waals surface area contributed by atoms with Crippen LogP contribution in [-0.4, -0.2) is 49.5 Å². The van der Waals surface area contributed by atoms with E-state index in [9.17, 15) is 13.2 Å². The Morgan fingerprint density at radius 3 is 2.11 bits per heavy atom. The van der Waals surface area contributed by atoms with Crippen molar-refractivity contribution in [2.45, 2.75) is 4.90 Å². The van der Waals surface area contributed by atoms with Crippen LogP contribution in [-0.2, 0) is 9.84 Å². The molecular formula is C19H17ClN3O3S. The maximum Gasteiger partial charge on any atom is 0.344 e. The van der Waals surface area contributed by atoms with Gasteiger partial charge in [-0.15, -0.1) is 0 Å². The maximum absolute atomic E-state index is 12.3. The van der Waals surface area contributed by atoms with Crippen LogP contribution in [0.4, 0.5) is 4.79 Å². The molecule has 0 bridgehead atoms. The third-order valence-electron chi connectivity index (χ3n) is 3.91. The highest BCUT2D eigenvalue weighted by Gasteiger charge is 2.19. The van der Waals surface area contributed by atoms with Crippen LogP contribution in [0, 0.1) is 6.20 Å². The van der Waals surface area contributed by atoms with Crippen LogP contribution in [0.5, 0.6) is 0 Å². The summed E-state index contributed by atoms with van der Waals surface area (Å²) < 4.78 is 24.5. The molecule has 1 radical (unpaired) electrons. The fraction of sp³-hybridized carbons (Fsp3) is 0.158. The van der Waals surface area contributed by atoms with E-state index in [2.05, 4.69) is 11.3 Å². The van der Waals surface area contributed by atoms with Gasteiger partial charge in [0.05, 0.1) is 4.90 Å². The normalized spacial score (nSPS) is 11.4. The van der Waals surface area contributed by atoms with Gasteiger partial charge in [-0.2, -0.15) is 9.78 Å². The van der Waals surface area contributed by atoms with Crippen molar-refractivity contribution in [3.63, 3.8) is 0 Å². The average Bonchev–Trinajstić information content (AvgIpc) is 3.06. The molecule has 0 fully saturated rings. The van der Waals surface area contributed by atoms with Gasteiger partial charge in [-0.3, -0.25) is 0 Å². The first-order valence-corrected chi connectivity index (χ1v) is 10.2. The van der Waals surface area contributed by atoms with Crippen LogP contribution in [0.25, 0.3) is 22.4 Å². The Morgan fingerprint density at radius 1 is 1.04 bits per heavy atom. The van der Waals surface area contributed by atoms with Crippen molar-refractivity contribution in [1.82, 2.24) is 14.7 Å². The van der Waals surface area contributed by atoms with E-state index in [1.165, 1.54) is 17.0 Å². The lowest BCUT2D eigenvalue weighted by Gasteiger charge is -2.08. The number of aromatic nitrogens is 2. The summed E-state index contributed by atoms with van der Waals surface area (Å²) in [5.41, 5.74) is 2.61. The molecule has 27 heavy (non-hydrogen) atoms. The number of hydrogen-bond acceptors (Lipinski definition) is 4. The zero-order valence-electron chi connectivity index (χ0n) is 15.0. The Bertz CT molecular complexity index is 1090. The van der Waals surface area contributed by atoms with E-state index < -0.39 is 9.84 Å². The number of benzene rings is 2. The van der Waals surface area contributed by atoms with Crippen molar-refractivity contribution in [3.05, 3.63) is 59.8 Å². The summed E-state index contributed by atoms with van der Waals surface area (Å²) in [5.74, 6) is 0. The van der Waals surface area contributed by atoms with Crippen LogP contribution >= 0.6 is 11.6 Å². The zero-order valence-corrected chi connectivity index (χ0v) is 16.5. The van der Waals surface area contributed by atoms with Gasteiger partial charge in [0.15, 0.2) is 9.84 Å². The summed E-state index contributed by atoms with van der Waals surface area (Å²) in [5, 5.41) is 4.97. The van der Waals surface area contributed by atoms with Gasteiger partial charge < -0.3 is 4.90 Å². The Labute approximate surface area is 162 Å². The second-order valence-corrected chi connectivity index (χ2v) is 8.68. The molecule has 0 saturated carbocycles. The Hall–Kier alpha value is -2.64. The molecule has 0 aliphatic heterocycles. The highest BCUT2D eigenvalue weighted by molar-refractivity contribution is 7.90. The number of nitrogens with zero attached hydrogens (tertiary/aromatic N) is 3. The number of carbonyl (C=O) groups excluding carboxylic acids is 1. The maximum atomic E-state index is 12.3. The van der Waals surface area contributed by atoms with Gasteiger partial charge in [-0.25, -0.2) is 13.2 Å². The number of amides is 1. The van der Waals surface area contributed by atoms with Crippen molar-refractivity contribution >= 4 is 27.5 Å². The van der Waals surface area contributed by atoms with Crippen LogP contribution in [0.15, 0.2) is 53.4 Å². The van der Waals surface area contributed by atoms with E-state index in [0.717, 1.165) is 16.5 Å². The minimum Gasteiger partial charge on any atom is -0.329 e. The molecule has 8 heteroatoms. The van der Waals surface area contributed by atoms with Crippen LogP contribution in [0.3, 0.4) is 0 Å². The molecule has 0 N–H and O–H groups in total. The third kappa shape index (κ3) is 4.04. The average molecular weight is 403 g/mol. The monoisotopic (exact) mass is 402 g/mol. The van der Waals surface area contributed by atoms with E-state index in [1.54, 1.807) is 38.4 Å².